The van der Waals surface area contributed by atoms with Crippen LogP contribution in [-0.4, -0.2) is 17.0 Å². The molecule has 0 aromatic heterocycles. The molecule has 1 fully saturated rings. The first kappa shape index (κ1) is 10.0. The van der Waals surface area contributed by atoms with Gasteiger partial charge in [0, 0.05) is 12.8 Å². The van der Waals surface area contributed by atoms with Crippen LogP contribution in [0.5, 0.6) is 0 Å². The molecular weight excluding hydrogens is 203 g/mol. The minimum atomic E-state index is -4.76. The predicted molar refractivity (Wildman–Crippen MR) is 33.4 cm³/mol. The summed E-state index contributed by atoms with van der Waals surface area (Å²) in [6.07, 6.45) is -2.09. The summed E-state index contributed by atoms with van der Waals surface area (Å²) in [4.78, 5) is 0. The second kappa shape index (κ2) is 2.47. The summed E-state index contributed by atoms with van der Waals surface area (Å²) in [5, 5.41) is -3.60. The van der Waals surface area contributed by atoms with Gasteiger partial charge in [-0.2, -0.15) is 17.6 Å². The van der Waals surface area contributed by atoms with Crippen LogP contribution in [0.25, 0.3) is 0 Å². The molecule has 0 saturated heterocycles. The largest absolute Gasteiger partial charge is 0.356 e. The SMILES string of the molecule is FC1(F)CCCC(F)(Cl)C1(F)F. The van der Waals surface area contributed by atoms with Crippen molar-refractivity contribution in [3.63, 3.8) is 0 Å². The van der Waals surface area contributed by atoms with E-state index in [1.165, 1.54) is 0 Å². The first-order valence-corrected chi connectivity index (χ1v) is 3.72. The topological polar surface area (TPSA) is 0 Å². The summed E-state index contributed by atoms with van der Waals surface area (Å²) in [6, 6.07) is 0. The molecule has 1 atom stereocenters. The average Bonchev–Trinajstić information content (AvgIpc) is 1.83. The van der Waals surface area contributed by atoms with Crippen LogP contribution in [0.2, 0.25) is 0 Å². The van der Waals surface area contributed by atoms with Gasteiger partial charge < -0.3 is 0 Å². The third-order valence-corrected chi connectivity index (χ3v) is 2.33. The minimum absolute atomic E-state index is 0.331. The Hall–Kier alpha value is -0.0600. The van der Waals surface area contributed by atoms with Gasteiger partial charge in [0.05, 0.1) is 0 Å². The molecule has 0 amide bonds. The molecular formula is C6H6ClF5. The van der Waals surface area contributed by atoms with Crippen molar-refractivity contribution in [3.05, 3.63) is 0 Å². The quantitative estimate of drug-likeness (QED) is 0.423. The summed E-state index contributed by atoms with van der Waals surface area (Å²) in [5.74, 6) is -9.10. The van der Waals surface area contributed by atoms with E-state index in [1.807, 2.05) is 0 Å². The second-order valence-corrected chi connectivity index (χ2v) is 3.44. The zero-order chi connectivity index (χ0) is 9.62. The molecule has 0 bridgehead atoms. The van der Waals surface area contributed by atoms with E-state index in [1.54, 1.807) is 0 Å². The monoisotopic (exact) mass is 208 g/mol. The van der Waals surface area contributed by atoms with Crippen molar-refractivity contribution in [2.24, 2.45) is 0 Å². The smallest absolute Gasteiger partial charge is 0.219 e. The third-order valence-electron chi connectivity index (χ3n) is 1.90. The van der Waals surface area contributed by atoms with E-state index < -0.39 is 29.8 Å². The first-order chi connectivity index (χ1) is 5.21. The lowest BCUT2D eigenvalue weighted by atomic mass is 9.90. The van der Waals surface area contributed by atoms with Gasteiger partial charge in [0.2, 0.25) is 0 Å². The number of hydrogen-bond acceptors (Lipinski definition) is 0. The van der Waals surface area contributed by atoms with Crippen LogP contribution in [-0.2, 0) is 0 Å². The van der Waals surface area contributed by atoms with E-state index in [2.05, 4.69) is 11.6 Å². The summed E-state index contributed by atoms with van der Waals surface area (Å²) in [7, 11) is 0. The van der Waals surface area contributed by atoms with E-state index in [0.717, 1.165) is 0 Å². The Kier molecular flexibility index (Phi) is 2.06. The zero-order valence-electron chi connectivity index (χ0n) is 5.89. The Morgan fingerprint density at radius 2 is 1.42 bits per heavy atom. The lowest BCUT2D eigenvalue weighted by Crippen LogP contribution is -2.56. The molecule has 72 valence electrons. The van der Waals surface area contributed by atoms with Gasteiger partial charge >= 0.3 is 11.8 Å². The first-order valence-electron chi connectivity index (χ1n) is 3.34. The molecule has 0 N–H and O–H groups in total. The summed E-state index contributed by atoms with van der Waals surface area (Å²) >= 11 is 4.65. The Morgan fingerprint density at radius 1 is 0.917 bits per heavy atom. The molecule has 0 aromatic carbocycles. The highest BCUT2D eigenvalue weighted by Crippen LogP contribution is 2.54. The van der Waals surface area contributed by atoms with Gasteiger partial charge in [-0.15, -0.1) is 0 Å². The molecule has 1 rings (SSSR count). The van der Waals surface area contributed by atoms with E-state index in [9.17, 15) is 22.0 Å². The normalized spacial score (nSPS) is 39.5. The van der Waals surface area contributed by atoms with Crippen molar-refractivity contribution in [2.45, 2.75) is 36.2 Å². The Morgan fingerprint density at radius 3 is 1.75 bits per heavy atom. The maximum atomic E-state index is 12.7. The van der Waals surface area contributed by atoms with Crippen LogP contribution in [0.4, 0.5) is 22.0 Å². The Labute approximate surface area is 70.7 Å². The van der Waals surface area contributed by atoms with E-state index in [4.69, 9.17) is 0 Å². The summed E-state index contributed by atoms with van der Waals surface area (Å²) < 4.78 is 62.5. The molecule has 1 unspecified atom stereocenters. The highest BCUT2D eigenvalue weighted by atomic mass is 35.5. The van der Waals surface area contributed by atoms with Crippen LogP contribution in [0.1, 0.15) is 19.3 Å². The van der Waals surface area contributed by atoms with Crippen molar-refractivity contribution >= 4 is 11.6 Å². The average molecular weight is 209 g/mol. The fraction of sp³-hybridized carbons (Fsp3) is 1.00. The summed E-state index contributed by atoms with van der Waals surface area (Å²) in [5.41, 5.74) is 0. The van der Waals surface area contributed by atoms with E-state index >= 15 is 0 Å². The minimum Gasteiger partial charge on any atom is -0.219 e. The zero-order valence-corrected chi connectivity index (χ0v) is 6.65. The van der Waals surface area contributed by atoms with Gasteiger partial charge in [-0.1, -0.05) is 11.6 Å². The van der Waals surface area contributed by atoms with Crippen molar-refractivity contribution < 1.29 is 22.0 Å². The van der Waals surface area contributed by atoms with Gasteiger partial charge in [0.1, 0.15) is 0 Å². The van der Waals surface area contributed by atoms with Crippen LogP contribution in [0.15, 0.2) is 0 Å². The highest BCUT2D eigenvalue weighted by molar-refractivity contribution is 6.23. The summed E-state index contributed by atoms with van der Waals surface area (Å²) in [6.45, 7) is 0. The van der Waals surface area contributed by atoms with Gasteiger partial charge in [-0.25, -0.2) is 4.39 Å². The Bertz CT molecular complexity index is 170. The molecule has 0 nitrogen and oxygen atoms in total. The molecule has 1 aliphatic carbocycles. The van der Waals surface area contributed by atoms with Crippen molar-refractivity contribution in [2.75, 3.05) is 0 Å². The molecule has 0 aromatic rings. The highest BCUT2D eigenvalue weighted by Gasteiger charge is 2.71. The molecule has 0 aliphatic heterocycles. The number of hydrogen-bond donors (Lipinski definition) is 0. The standard InChI is InChI=1S/C6H6ClF5/c7-4(8)2-1-3-5(9,10)6(4,11)12/h1-3H2. The van der Waals surface area contributed by atoms with Crippen LogP contribution >= 0.6 is 11.6 Å². The molecule has 0 heterocycles. The molecule has 1 aliphatic rings. The van der Waals surface area contributed by atoms with Crippen LogP contribution in [0, 0.1) is 0 Å². The van der Waals surface area contributed by atoms with Gasteiger partial charge in [0.25, 0.3) is 5.13 Å². The fourth-order valence-electron chi connectivity index (χ4n) is 1.11. The number of rotatable bonds is 0. The van der Waals surface area contributed by atoms with Gasteiger partial charge in [-0.3, -0.25) is 0 Å². The molecule has 6 heteroatoms. The van der Waals surface area contributed by atoms with Crippen molar-refractivity contribution in [1.29, 1.82) is 0 Å². The maximum Gasteiger partial charge on any atom is 0.356 e. The number of alkyl halides is 6. The van der Waals surface area contributed by atoms with E-state index in [0.29, 0.717) is 0 Å². The second-order valence-electron chi connectivity index (χ2n) is 2.84. The lowest BCUT2D eigenvalue weighted by Gasteiger charge is -2.38. The molecule has 0 radical (unpaired) electrons. The number of halogens is 6. The molecule has 12 heavy (non-hydrogen) atoms. The van der Waals surface area contributed by atoms with Gasteiger partial charge in [-0.05, 0) is 6.42 Å². The Balaban J connectivity index is 2.99. The molecule has 1 saturated carbocycles. The predicted octanol–water partition coefficient (Wildman–Crippen LogP) is 3.35. The molecule has 0 spiro atoms. The van der Waals surface area contributed by atoms with Crippen LogP contribution in [0.3, 0.4) is 0 Å². The van der Waals surface area contributed by atoms with Crippen molar-refractivity contribution in [1.82, 2.24) is 0 Å². The van der Waals surface area contributed by atoms with Crippen LogP contribution < -0.4 is 0 Å². The third kappa shape index (κ3) is 1.18. The van der Waals surface area contributed by atoms with E-state index in [-0.39, 0.29) is 6.42 Å². The van der Waals surface area contributed by atoms with Gasteiger partial charge in [0.15, 0.2) is 0 Å². The van der Waals surface area contributed by atoms with Crippen molar-refractivity contribution in [3.8, 4) is 0 Å². The maximum absolute atomic E-state index is 12.7. The lowest BCUT2D eigenvalue weighted by molar-refractivity contribution is -0.269. The fourth-order valence-corrected chi connectivity index (χ4v) is 1.39.